The second kappa shape index (κ2) is 3.80. The summed E-state index contributed by atoms with van der Waals surface area (Å²) in [6, 6.07) is 7.91. The van der Waals surface area contributed by atoms with Crippen molar-refractivity contribution in [1.82, 2.24) is 5.32 Å². The van der Waals surface area contributed by atoms with Crippen LogP contribution < -0.4 is 5.32 Å². The number of nitrogens with one attached hydrogen (secondary N) is 1. The zero-order valence-corrected chi connectivity index (χ0v) is 8.12. The Bertz CT molecular complexity index is 345. The largest absolute Gasteiger partial charge is 0.465 e. The second-order valence-corrected chi connectivity index (χ2v) is 3.37. The third kappa shape index (κ3) is 1.51. The maximum absolute atomic E-state index is 11.4. The summed E-state index contributed by atoms with van der Waals surface area (Å²) in [5.41, 5.74) is 1.72. The zero-order chi connectivity index (χ0) is 9.97. The molecule has 1 saturated heterocycles. The Hall–Kier alpha value is -1.35. The van der Waals surface area contributed by atoms with E-state index in [0.717, 1.165) is 18.5 Å². The first-order valence-electron chi connectivity index (χ1n) is 4.73. The molecule has 0 bridgehead atoms. The van der Waals surface area contributed by atoms with Gasteiger partial charge in [0.05, 0.1) is 12.7 Å². The molecule has 0 spiro atoms. The van der Waals surface area contributed by atoms with Crippen LogP contribution in [0.15, 0.2) is 24.3 Å². The highest BCUT2D eigenvalue weighted by Gasteiger charge is 2.23. The number of methoxy groups -OCH3 is 1. The average molecular weight is 191 g/mol. The minimum atomic E-state index is -0.255. The summed E-state index contributed by atoms with van der Waals surface area (Å²) in [7, 11) is 1.41. The van der Waals surface area contributed by atoms with Gasteiger partial charge in [-0.05, 0) is 24.6 Å². The molecule has 74 valence electrons. The van der Waals surface area contributed by atoms with Gasteiger partial charge in [-0.2, -0.15) is 0 Å². The predicted molar refractivity (Wildman–Crippen MR) is 53.1 cm³/mol. The number of rotatable bonds is 2. The van der Waals surface area contributed by atoms with Gasteiger partial charge in [-0.15, -0.1) is 0 Å². The van der Waals surface area contributed by atoms with E-state index in [1.165, 1.54) is 7.11 Å². The van der Waals surface area contributed by atoms with E-state index in [-0.39, 0.29) is 5.97 Å². The number of carbonyl (C=O) groups is 1. The normalized spacial score (nSPS) is 19.9. The fraction of sp³-hybridized carbons (Fsp3) is 0.364. The topological polar surface area (TPSA) is 38.3 Å². The lowest BCUT2D eigenvalue weighted by atomic mass is 9.93. The van der Waals surface area contributed by atoms with Crippen molar-refractivity contribution in [3.63, 3.8) is 0 Å². The van der Waals surface area contributed by atoms with Gasteiger partial charge in [-0.1, -0.05) is 18.2 Å². The van der Waals surface area contributed by atoms with Crippen LogP contribution >= 0.6 is 0 Å². The van der Waals surface area contributed by atoms with E-state index >= 15 is 0 Å². The number of hydrogen-bond donors (Lipinski definition) is 1. The van der Waals surface area contributed by atoms with Gasteiger partial charge in [0.15, 0.2) is 0 Å². The minimum Gasteiger partial charge on any atom is -0.465 e. The molecular formula is C11H13NO2. The maximum Gasteiger partial charge on any atom is 0.338 e. The number of carbonyl (C=O) groups excluding carboxylic acids is 1. The van der Waals surface area contributed by atoms with Crippen LogP contribution in [-0.2, 0) is 4.74 Å². The molecule has 1 aliphatic heterocycles. The van der Waals surface area contributed by atoms with Crippen LogP contribution in [0.4, 0.5) is 0 Å². The molecule has 3 heteroatoms. The molecule has 0 saturated carbocycles. The summed E-state index contributed by atoms with van der Waals surface area (Å²) in [5.74, 6) is -0.255. The lowest BCUT2D eigenvalue weighted by Gasteiger charge is -2.29. The van der Waals surface area contributed by atoms with Gasteiger partial charge in [0.1, 0.15) is 0 Å². The molecule has 1 heterocycles. The van der Waals surface area contributed by atoms with E-state index in [2.05, 4.69) is 5.32 Å². The van der Waals surface area contributed by atoms with E-state index in [4.69, 9.17) is 4.74 Å². The van der Waals surface area contributed by atoms with Gasteiger partial charge in [0, 0.05) is 6.04 Å². The molecule has 1 aromatic carbocycles. The Morgan fingerprint density at radius 1 is 1.50 bits per heavy atom. The molecule has 0 aromatic heterocycles. The molecule has 14 heavy (non-hydrogen) atoms. The highest BCUT2D eigenvalue weighted by molar-refractivity contribution is 5.91. The fourth-order valence-corrected chi connectivity index (χ4v) is 1.65. The summed E-state index contributed by atoms with van der Waals surface area (Å²) < 4.78 is 4.73. The van der Waals surface area contributed by atoms with Crippen molar-refractivity contribution in [2.75, 3.05) is 13.7 Å². The smallest absolute Gasteiger partial charge is 0.338 e. The average Bonchev–Trinajstić information content (AvgIpc) is 2.15. The molecule has 1 aromatic rings. The summed E-state index contributed by atoms with van der Waals surface area (Å²) in [6.45, 7) is 1.03. The molecule has 3 nitrogen and oxygen atoms in total. The van der Waals surface area contributed by atoms with E-state index in [1.54, 1.807) is 6.07 Å². The predicted octanol–water partition coefficient (Wildman–Crippen LogP) is 1.51. The first-order valence-corrected chi connectivity index (χ1v) is 4.73. The van der Waals surface area contributed by atoms with Crippen LogP contribution in [-0.4, -0.2) is 19.6 Å². The summed E-state index contributed by atoms with van der Waals surface area (Å²) in [6.07, 6.45) is 1.09. The third-order valence-electron chi connectivity index (χ3n) is 2.57. The first kappa shape index (κ1) is 9.21. The minimum absolute atomic E-state index is 0.255. The van der Waals surface area contributed by atoms with Gasteiger partial charge < -0.3 is 10.1 Å². The summed E-state index contributed by atoms with van der Waals surface area (Å²) >= 11 is 0. The van der Waals surface area contributed by atoms with Gasteiger partial charge >= 0.3 is 5.97 Å². The van der Waals surface area contributed by atoms with Crippen LogP contribution in [0.1, 0.15) is 28.4 Å². The van der Waals surface area contributed by atoms with E-state index in [0.29, 0.717) is 11.6 Å². The van der Waals surface area contributed by atoms with Crippen molar-refractivity contribution in [3.05, 3.63) is 35.4 Å². The molecule has 1 unspecified atom stereocenters. The van der Waals surface area contributed by atoms with Gasteiger partial charge in [0.2, 0.25) is 0 Å². The Morgan fingerprint density at radius 2 is 2.21 bits per heavy atom. The number of benzene rings is 1. The van der Waals surface area contributed by atoms with Gasteiger partial charge in [-0.25, -0.2) is 4.79 Å². The van der Waals surface area contributed by atoms with Crippen LogP contribution in [0.5, 0.6) is 0 Å². The highest BCUT2D eigenvalue weighted by Crippen LogP contribution is 2.26. The molecular weight excluding hydrogens is 178 g/mol. The SMILES string of the molecule is COC(=O)c1ccccc1C1CCN1. The Labute approximate surface area is 83.1 Å². The van der Waals surface area contributed by atoms with Crippen molar-refractivity contribution < 1.29 is 9.53 Å². The lowest BCUT2D eigenvalue weighted by Crippen LogP contribution is -2.36. The quantitative estimate of drug-likeness (QED) is 0.720. The van der Waals surface area contributed by atoms with Crippen molar-refractivity contribution in [3.8, 4) is 0 Å². The Balaban J connectivity index is 2.32. The molecule has 1 atom stereocenters. The second-order valence-electron chi connectivity index (χ2n) is 3.37. The van der Waals surface area contributed by atoms with Gasteiger partial charge in [-0.3, -0.25) is 0 Å². The van der Waals surface area contributed by atoms with Crippen molar-refractivity contribution in [1.29, 1.82) is 0 Å². The maximum atomic E-state index is 11.4. The third-order valence-corrected chi connectivity index (χ3v) is 2.57. The molecule has 0 aliphatic carbocycles. The van der Waals surface area contributed by atoms with Crippen LogP contribution in [0.2, 0.25) is 0 Å². The van der Waals surface area contributed by atoms with Crippen molar-refractivity contribution >= 4 is 5.97 Å². The molecule has 1 aliphatic rings. The fourth-order valence-electron chi connectivity index (χ4n) is 1.65. The summed E-state index contributed by atoms with van der Waals surface area (Å²) in [5, 5.41) is 3.27. The molecule has 1 fully saturated rings. The first-order chi connectivity index (χ1) is 6.83. The molecule has 2 rings (SSSR count). The summed E-state index contributed by atoms with van der Waals surface area (Å²) in [4.78, 5) is 11.4. The van der Waals surface area contributed by atoms with Gasteiger partial charge in [0.25, 0.3) is 0 Å². The van der Waals surface area contributed by atoms with E-state index in [9.17, 15) is 4.79 Å². The monoisotopic (exact) mass is 191 g/mol. The number of esters is 1. The standard InChI is InChI=1S/C11H13NO2/c1-14-11(13)9-5-3-2-4-8(9)10-6-7-12-10/h2-5,10,12H,6-7H2,1H3. The van der Waals surface area contributed by atoms with Crippen LogP contribution in [0, 0.1) is 0 Å². The van der Waals surface area contributed by atoms with Crippen LogP contribution in [0.3, 0.4) is 0 Å². The molecule has 1 N–H and O–H groups in total. The van der Waals surface area contributed by atoms with E-state index in [1.807, 2.05) is 18.2 Å². The Kier molecular flexibility index (Phi) is 2.50. The highest BCUT2D eigenvalue weighted by atomic mass is 16.5. The van der Waals surface area contributed by atoms with Crippen molar-refractivity contribution in [2.24, 2.45) is 0 Å². The molecule has 0 amide bonds. The number of hydrogen-bond acceptors (Lipinski definition) is 3. The number of ether oxygens (including phenoxy) is 1. The zero-order valence-electron chi connectivity index (χ0n) is 8.12. The lowest BCUT2D eigenvalue weighted by molar-refractivity contribution is 0.0598. The Morgan fingerprint density at radius 3 is 2.79 bits per heavy atom. The van der Waals surface area contributed by atoms with Crippen LogP contribution in [0.25, 0.3) is 0 Å². The van der Waals surface area contributed by atoms with E-state index < -0.39 is 0 Å². The molecule has 0 radical (unpaired) electrons. The van der Waals surface area contributed by atoms with Crippen molar-refractivity contribution in [2.45, 2.75) is 12.5 Å².